The zero-order valence-electron chi connectivity index (χ0n) is 13.1. The van der Waals surface area contributed by atoms with Gasteiger partial charge in [-0.1, -0.05) is 12.6 Å². The molecule has 0 saturated heterocycles. The van der Waals surface area contributed by atoms with Gasteiger partial charge in [0.05, 0.1) is 11.1 Å². The maximum atomic E-state index is 12.8. The number of benzene rings is 1. The number of hydrogen-bond donors (Lipinski definition) is 1. The van der Waals surface area contributed by atoms with Crippen LogP contribution in [0.3, 0.4) is 0 Å². The Morgan fingerprint density at radius 3 is 2.08 bits per heavy atom. The van der Waals surface area contributed by atoms with E-state index < -0.39 is 35.1 Å². The van der Waals surface area contributed by atoms with Crippen molar-refractivity contribution in [2.75, 3.05) is 5.32 Å². The first-order valence-corrected chi connectivity index (χ1v) is 7.14. The SMILES string of the molecule is C=C(Cc1cccnc1)C(=O)Nc1cc(C(F)(F)F)cc(C(F)(F)F)c1. The van der Waals surface area contributed by atoms with Crippen LogP contribution in [0.4, 0.5) is 32.0 Å². The van der Waals surface area contributed by atoms with Gasteiger partial charge in [0.2, 0.25) is 0 Å². The topological polar surface area (TPSA) is 42.0 Å². The minimum atomic E-state index is -4.99. The largest absolute Gasteiger partial charge is 0.416 e. The molecule has 1 aromatic heterocycles. The van der Waals surface area contributed by atoms with Crippen LogP contribution in [0.15, 0.2) is 54.9 Å². The fourth-order valence-electron chi connectivity index (χ4n) is 2.08. The maximum Gasteiger partial charge on any atom is 0.416 e. The fraction of sp³-hybridized carbons (Fsp3) is 0.176. The van der Waals surface area contributed by atoms with Crippen molar-refractivity contribution in [3.05, 3.63) is 71.6 Å². The molecule has 2 aromatic rings. The second-order valence-corrected chi connectivity index (χ2v) is 5.39. The number of carbonyl (C=O) groups is 1. The van der Waals surface area contributed by atoms with Crippen molar-refractivity contribution in [3.63, 3.8) is 0 Å². The third-order valence-corrected chi connectivity index (χ3v) is 3.31. The van der Waals surface area contributed by atoms with E-state index in [1.165, 1.54) is 12.4 Å². The van der Waals surface area contributed by atoms with E-state index in [0.717, 1.165) is 0 Å². The fourth-order valence-corrected chi connectivity index (χ4v) is 2.08. The summed E-state index contributed by atoms with van der Waals surface area (Å²) in [6.07, 6.45) is -6.97. The molecule has 0 bridgehead atoms. The Kier molecular flexibility index (Phi) is 5.38. The Morgan fingerprint density at radius 2 is 1.62 bits per heavy atom. The van der Waals surface area contributed by atoms with Gasteiger partial charge < -0.3 is 5.32 Å². The predicted molar refractivity (Wildman–Crippen MR) is 82.2 cm³/mol. The minimum Gasteiger partial charge on any atom is -0.322 e. The first kappa shape index (κ1) is 19.5. The van der Waals surface area contributed by atoms with Crippen molar-refractivity contribution in [2.45, 2.75) is 18.8 Å². The van der Waals surface area contributed by atoms with Crippen LogP contribution in [0.2, 0.25) is 0 Å². The summed E-state index contributed by atoms with van der Waals surface area (Å²) in [7, 11) is 0. The molecule has 0 saturated carbocycles. The average Bonchev–Trinajstić information content (AvgIpc) is 2.53. The molecule has 0 spiro atoms. The van der Waals surface area contributed by atoms with Crippen LogP contribution in [0.5, 0.6) is 0 Å². The van der Waals surface area contributed by atoms with Crippen LogP contribution in [0.25, 0.3) is 0 Å². The second kappa shape index (κ2) is 7.19. The molecule has 0 radical (unpaired) electrons. The smallest absolute Gasteiger partial charge is 0.322 e. The van der Waals surface area contributed by atoms with Gasteiger partial charge in [-0.2, -0.15) is 26.3 Å². The summed E-state index contributed by atoms with van der Waals surface area (Å²) in [5, 5.41) is 2.03. The highest BCUT2D eigenvalue weighted by Crippen LogP contribution is 2.37. The molecule has 0 aliphatic carbocycles. The molecule has 1 N–H and O–H groups in total. The second-order valence-electron chi connectivity index (χ2n) is 5.39. The number of alkyl halides is 6. The number of aromatic nitrogens is 1. The highest BCUT2D eigenvalue weighted by molar-refractivity contribution is 6.03. The van der Waals surface area contributed by atoms with Gasteiger partial charge in [0.15, 0.2) is 0 Å². The van der Waals surface area contributed by atoms with Crippen LogP contribution in [0, 0.1) is 0 Å². The van der Waals surface area contributed by atoms with Crippen molar-refractivity contribution < 1.29 is 31.1 Å². The van der Waals surface area contributed by atoms with Gasteiger partial charge in [0.25, 0.3) is 5.91 Å². The van der Waals surface area contributed by atoms with Crippen molar-refractivity contribution in [2.24, 2.45) is 0 Å². The standard InChI is InChI=1S/C17H12F6N2O/c1-10(5-11-3-2-4-24-9-11)15(26)25-14-7-12(16(18,19)20)6-13(8-14)17(21,22)23/h2-4,6-9H,1,5H2,(H,25,26). The molecule has 1 heterocycles. The van der Waals surface area contributed by atoms with Crippen molar-refractivity contribution in [3.8, 4) is 0 Å². The Hall–Kier alpha value is -2.84. The van der Waals surface area contributed by atoms with E-state index >= 15 is 0 Å². The number of anilines is 1. The van der Waals surface area contributed by atoms with Crippen molar-refractivity contribution >= 4 is 11.6 Å². The number of halogens is 6. The van der Waals surface area contributed by atoms with Crippen molar-refractivity contribution in [1.29, 1.82) is 0 Å². The number of carbonyl (C=O) groups excluding carboxylic acids is 1. The Morgan fingerprint density at radius 1 is 1.04 bits per heavy atom. The lowest BCUT2D eigenvalue weighted by atomic mass is 10.1. The molecule has 2 rings (SSSR count). The first-order valence-electron chi connectivity index (χ1n) is 7.14. The molecule has 9 heteroatoms. The zero-order chi connectivity index (χ0) is 19.5. The van der Waals surface area contributed by atoms with Crippen molar-refractivity contribution in [1.82, 2.24) is 4.98 Å². The zero-order valence-corrected chi connectivity index (χ0v) is 13.1. The van der Waals surface area contributed by atoms with Gasteiger partial charge in [-0.05, 0) is 29.8 Å². The summed E-state index contributed by atoms with van der Waals surface area (Å²) in [5.74, 6) is -0.888. The monoisotopic (exact) mass is 374 g/mol. The van der Waals surface area contributed by atoms with Gasteiger partial charge in [0.1, 0.15) is 0 Å². The molecule has 0 aliphatic heterocycles. The Balaban J connectivity index is 2.24. The molecule has 26 heavy (non-hydrogen) atoms. The van der Waals surface area contributed by atoms with E-state index in [2.05, 4.69) is 11.6 Å². The minimum absolute atomic E-state index is 0.0138. The molecule has 1 aromatic carbocycles. The number of nitrogens with zero attached hydrogens (tertiary/aromatic N) is 1. The third-order valence-electron chi connectivity index (χ3n) is 3.31. The highest BCUT2D eigenvalue weighted by Gasteiger charge is 2.37. The van der Waals surface area contributed by atoms with Crippen LogP contribution in [-0.2, 0) is 23.6 Å². The molecule has 3 nitrogen and oxygen atoms in total. The van der Waals surface area contributed by atoms with Gasteiger partial charge in [-0.25, -0.2) is 0 Å². The third kappa shape index (κ3) is 5.08. The lowest BCUT2D eigenvalue weighted by molar-refractivity contribution is -0.143. The summed E-state index contributed by atoms with van der Waals surface area (Å²) in [6, 6.07) is 4.12. The lowest BCUT2D eigenvalue weighted by Crippen LogP contribution is -2.17. The lowest BCUT2D eigenvalue weighted by Gasteiger charge is -2.15. The number of rotatable bonds is 4. The van der Waals surface area contributed by atoms with Gasteiger partial charge >= 0.3 is 12.4 Å². The molecule has 0 atom stereocenters. The van der Waals surface area contributed by atoms with E-state index in [0.29, 0.717) is 17.7 Å². The van der Waals surface area contributed by atoms with Gasteiger partial charge in [0, 0.05) is 30.1 Å². The van der Waals surface area contributed by atoms with E-state index in [1.807, 2.05) is 5.32 Å². The predicted octanol–water partition coefficient (Wildman–Crippen LogP) is 4.86. The molecule has 0 aliphatic rings. The van der Waals surface area contributed by atoms with E-state index in [-0.39, 0.29) is 18.1 Å². The summed E-state index contributed by atoms with van der Waals surface area (Å²) in [4.78, 5) is 15.9. The summed E-state index contributed by atoms with van der Waals surface area (Å²) < 4.78 is 76.9. The van der Waals surface area contributed by atoms with E-state index in [4.69, 9.17) is 0 Å². The maximum absolute atomic E-state index is 12.8. The highest BCUT2D eigenvalue weighted by atomic mass is 19.4. The molecule has 1 amide bonds. The normalized spacial score (nSPS) is 11.9. The molecular formula is C17H12F6N2O. The first-order chi connectivity index (χ1) is 12.0. The Bertz CT molecular complexity index is 780. The van der Waals surface area contributed by atoms with E-state index in [1.54, 1.807) is 12.1 Å². The number of nitrogens with one attached hydrogen (secondary N) is 1. The van der Waals surface area contributed by atoms with E-state index in [9.17, 15) is 31.1 Å². The van der Waals surface area contributed by atoms with Crippen LogP contribution in [0.1, 0.15) is 16.7 Å². The molecule has 138 valence electrons. The summed E-state index contributed by atoms with van der Waals surface area (Å²) in [5.41, 5.74) is -3.07. The quantitative estimate of drug-likeness (QED) is 0.614. The average molecular weight is 374 g/mol. The van der Waals surface area contributed by atoms with Crippen LogP contribution in [-0.4, -0.2) is 10.9 Å². The number of pyridine rings is 1. The van der Waals surface area contributed by atoms with Gasteiger partial charge in [-0.3, -0.25) is 9.78 Å². The summed E-state index contributed by atoms with van der Waals surface area (Å²) >= 11 is 0. The Labute approximate surface area is 144 Å². The van der Waals surface area contributed by atoms with Gasteiger partial charge in [-0.15, -0.1) is 0 Å². The molecule has 0 fully saturated rings. The number of hydrogen-bond acceptors (Lipinski definition) is 2. The van der Waals surface area contributed by atoms with Crippen LogP contribution < -0.4 is 5.32 Å². The molecular weight excluding hydrogens is 362 g/mol. The van der Waals surface area contributed by atoms with Crippen LogP contribution >= 0.6 is 0 Å². The molecule has 0 unspecified atom stereocenters. The summed E-state index contributed by atoms with van der Waals surface area (Å²) in [6.45, 7) is 3.50. The number of amides is 1.